The number of aromatic nitrogens is 2. The van der Waals surface area contributed by atoms with E-state index in [9.17, 15) is 0 Å². The van der Waals surface area contributed by atoms with Crippen molar-refractivity contribution in [3.05, 3.63) is 3.95 Å². The Bertz CT molecular complexity index is 326. The highest BCUT2D eigenvalue weighted by atomic mass is 32.1. The summed E-state index contributed by atoms with van der Waals surface area (Å²) in [7, 11) is 0. The molecule has 1 saturated heterocycles. The molecule has 78 valence electrons. The van der Waals surface area contributed by atoms with Crippen molar-refractivity contribution in [3.63, 3.8) is 0 Å². The van der Waals surface area contributed by atoms with Crippen LogP contribution in [-0.2, 0) is 0 Å². The predicted molar refractivity (Wildman–Crippen MR) is 61.5 cm³/mol. The Morgan fingerprint density at radius 2 is 2.29 bits per heavy atom. The van der Waals surface area contributed by atoms with Gasteiger partial charge in [-0.1, -0.05) is 11.3 Å². The molecule has 1 aromatic heterocycles. The van der Waals surface area contributed by atoms with Gasteiger partial charge in [-0.2, -0.15) is 0 Å². The molecule has 0 atom stereocenters. The number of nitrogens with zero attached hydrogens (tertiary/aromatic N) is 2. The fourth-order valence-corrected chi connectivity index (χ4v) is 2.45. The molecule has 0 bridgehead atoms. The quantitative estimate of drug-likeness (QED) is 0.773. The van der Waals surface area contributed by atoms with Gasteiger partial charge in [0.25, 0.3) is 0 Å². The number of hydrogen-bond acceptors (Lipinski definition) is 5. The molecule has 2 N–H and O–H groups in total. The molecule has 2 heterocycles. The van der Waals surface area contributed by atoms with Crippen LogP contribution in [0.1, 0.15) is 12.8 Å². The molecule has 1 fully saturated rings. The zero-order valence-corrected chi connectivity index (χ0v) is 9.59. The standard InChI is InChI=1S/C8H14N4S2/c13-8-11-10-7(14-8)9-3-6-12-4-1-2-5-12/h1-6H2,(H,9,10)(H,11,13). The van der Waals surface area contributed by atoms with Gasteiger partial charge in [0.15, 0.2) is 3.95 Å². The van der Waals surface area contributed by atoms with Crippen molar-refractivity contribution >= 4 is 28.7 Å². The zero-order valence-electron chi connectivity index (χ0n) is 7.95. The van der Waals surface area contributed by atoms with Gasteiger partial charge in [0, 0.05) is 13.1 Å². The fourth-order valence-electron chi connectivity index (χ4n) is 1.63. The summed E-state index contributed by atoms with van der Waals surface area (Å²) in [6, 6.07) is 0. The normalized spacial score (nSPS) is 17.4. The van der Waals surface area contributed by atoms with E-state index in [2.05, 4.69) is 20.4 Å². The lowest BCUT2D eigenvalue weighted by atomic mass is 10.4. The van der Waals surface area contributed by atoms with Gasteiger partial charge >= 0.3 is 0 Å². The Labute approximate surface area is 92.3 Å². The third kappa shape index (κ3) is 2.76. The number of hydrogen-bond donors (Lipinski definition) is 2. The number of rotatable bonds is 4. The van der Waals surface area contributed by atoms with E-state index in [0.717, 1.165) is 22.2 Å². The Kier molecular flexibility index (Phi) is 3.49. The van der Waals surface area contributed by atoms with E-state index >= 15 is 0 Å². The van der Waals surface area contributed by atoms with Crippen LogP contribution < -0.4 is 5.32 Å². The van der Waals surface area contributed by atoms with E-state index in [1.54, 1.807) is 0 Å². The predicted octanol–water partition coefficient (Wildman–Crippen LogP) is 1.71. The topological polar surface area (TPSA) is 44.0 Å². The van der Waals surface area contributed by atoms with Crippen LogP contribution in [0.15, 0.2) is 0 Å². The van der Waals surface area contributed by atoms with Crippen LogP contribution in [0.3, 0.4) is 0 Å². The van der Waals surface area contributed by atoms with E-state index in [-0.39, 0.29) is 0 Å². The van der Waals surface area contributed by atoms with E-state index in [1.807, 2.05) is 0 Å². The maximum atomic E-state index is 4.94. The van der Waals surface area contributed by atoms with Gasteiger partial charge in [0.1, 0.15) is 0 Å². The molecule has 0 saturated carbocycles. The van der Waals surface area contributed by atoms with Gasteiger partial charge in [0.2, 0.25) is 5.13 Å². The Morgan fingerprint density at radius 3 is 2.93 bits per heavy atom. The van der Waals surface area contributed by atoms with Crippen molar-refractivity contribution < 1.29 is 0 Å². The molecule has 2 rings (SSSR count). The van der Waals surface area contributed by atoms with Crippen LogP contribution in [0.4, 0.5) is 5.13 Å². The highest BCUT2D eigenvalue weighted by Crippen LogP contribution is 2.11. The lowest BCUT2D eigenvalue weighted by Crippen LogP contribution is -2.25. The van der Waals surface area contributed by atoms with Gasteiger partial charge < -0.3 is 10.2 Å². The highest BCUT2D eigenvalue weighted by molar-refractivity contribution is 7.73. The van der Waals surface area contributed by atoms with Crippen molar-refractivity contribution in [3.8, 4) is 0 Å². The maximum absolute atomic E-state index is 4.94. The van der Waals surface area contributed by atoms with Crippen LogP contribution >= 0.6 is 23.6 Å². The minimum absolute atomic E-state index is 0.730. The minimum Gasteiger partial charge on any atom is -0.359 e. The van der Waals surface area contributed by atoms with Crippen molar-refractivity contribution in [2.75, 3.05) is 31.5 Å². The number of likely N-dealkylation sites (tertiary alicyclic amines) is 1. The van der Waals surface area contributed by atoms with Crippen LogP contribution in [0.2, 0.25) is 0 Å². The number of H-pyrrole nitrogens is 1. The highest BCUT2D eigenvalue weighted by Gasteiger charge is 2.10. The summed E-state index contributed by atoms with van der Waals surface area (Å²) < 4.78 is 0.730. The number of aromatic amines is 1. The molecule has 1 aliphatic rings. The second-order valence-electron chi connectivity index (χ2n) is 3.39. The molecule has 0 radical (unpaired) electrons. The van der Waals surface area contributed by atoms with E-state index in [0.29, 0.717) is 0 Å². The van der Waals surface area contributed by atoms with Gasteiger partial charge in [-0.05, 0) is 38.1 Å². The third-order valence-corrected chi connectivity index (χ3v) is 3.39. The summed E-state index contributed by atoms with van der Waals surface area (Å²) in [5, 5.41) is 11.0. The van der Waals surface area contributed by atoms with Crippen molar-refractivity contribution in [1.29, 1.82) is 0 Å². The third-order valence-electron chi connectivity index (χ3n) is 2.34. The van der Waals surface area contributed by atoms with Gasteiger partial charge in [-0.25, -0.2) is 0 Å². The lowest BCUT2D eigenvalue weighted by Gasteiger charge is -2.13. The monoisotopic (exact) mass is 230 g/mol. The second-order valence-corrected chi connectivity index (χ2v) is 5.06. The first-order chi connectivity index (χ1) is 6.84. The molecule has 6 heteroatoms. The first kappa shape index (κ1) is 10.1. The largest absolute Gasteiger partial charge is 0.359 e. The number of anilines is 1. The van der Waals surface area contributed by atoms with E-state index < -0.39 is 0 Å². The Hall–Kier alpha value is -0.460. The smallest absolute Gasteiger partial charge is 0.204 e. The van der Waals surface area contributed by atoms with Crippen LogP contribution in [0, 0.1) is 3.95 Å². The number of nitrogens with one attached hydrogen (secondary N) is 2. The Morgan fingerprint density at radius 1 is 1.50 bits per heavy atom. The average Bonchev–Trinajstić information content (AvgIpc) is 2.77. The summed E-state index contributed by atoms with van der Waals surface area (Å²) in [5.41, 5.74) is 0. The molecule has 0 spiro atoms. The maximum Gasteiger partial charge on any atom is 0.204 e. The summed E-state index contributed by atoms with van der Waals surface area (Å²) in [6.07, 6.45) is 2.70. The van der Waals surface area contributed by atoms with Crippen molar-refractivity contribution in [2.24, 2.45) is 0 Å². The molecule has 0 aromatic carbocycles. The minimum atomic E-state index is 0.730. The van der Waals surface area contributed by atoms with Gasteiger partial charge in [0.05, 0.1) is 0 Å². The lowest BCUT2D eigenvalue weighted by molar-refractivity contribution is 0.352. The fraction of sp³-hybridized carbons (Fsp3) is 0.750. The van der Waals surface area contributed by atoms with Crippen LogP contribution in [0.5, 0.6) is 0 Å². The molecule has 1 aromatic rings. The molecule has 4 nitrogen and oxygen atoms in total. The van der Waals surface area contributed by atoms with Crippen LogP contribution in [-0.4, -0.2) is 41.3 Å². The van der Waals surface area contributed by atoms with Crippen LogP contribution in [0.25, 0.3) is 0 Å². The van der Waals surface area contributed by atoms with Gasteiger partial charge in [-0.3, -0.25) is 5.10 Å². The first-order valence-corrected chi connectivity index (χ1v) is 6.09. The van der Waals surface area contributed by atoms with E-state index in [4.69, 9.17) is 12.2 Å². The Balaban J connectivity index is 1.69. The van der Waals surface area contributed by atoms with Crippen molar-refractivity contribution in [2.45, 2.75) is 12.8 Å². The molecule has 0 amide bonds. The van der Waals surface area contributed by atoms with Gasteiger partial charge in [-0.15, -0.1) is 5.10 Å². The zero-order chi connectivity index (χ0) is 9.80. The van der Waals surface area contributed by atoms with E-state index in [1.165, 1.54) is 37.3 Å². The molecule has 14 heavy (non-hydrogen) atoms. The summed E-state index contributed by atoms with van der Waals surface area (Å²) in [4.78, 5) is 2.47. The summed E-state index contributed by atoms with van der Waals surface area (Å²) in [5.74, 6) is 0. The molecular formula is C8H14N4S2. The summed E-state index contributed by atoms with van der Waals surface area (Å²) >= 11 is 6.43. The first-order valence-electron chi connectivity index (χ1n) is 4.86. The molecule has 1 aliphatic heterocycles. The second kappa shape index (κ2) is 4.86. The molecular weight excluding hydrogens is 216 g/mol. The average molecular weight is 230 g/mol. The molecule has 0 unspecified atom stereocenters. The molecule has 0 aliphatic carbocycles. The van der Waals surface area contributed by atoms with Crippen molar-refractivity contribution in [1.82, 2.24) is 15.1 Å². The summed E-state index contributed by atoms with van der Waals surface area (Å²) in [6.45, 7) is 4.55. The SMILES string of the molecule is S=c1[nH]nc(NCCN2CCCC2)s1.